The maximum absolute atomic E-state index is 6.12. The topological polar surface area (TPSA) is 15.3 Å². The van der Waals surface area contributed by atoms with Gasteiger partial charge in [-0.05, 0) is 50.9 Å². The summed E-state index contributed by atoms with van der Waals surface area (Å²) in [7, 11) is 0. The number of nitrogens with zero attached hydrogens (tertiary/aromatic N) is 1. The highest BCUT2D eigenvalue weighted by Crippen LogP contribution is 2.25. The van der Waals surface area contributed by atoms with Gasteiger partial charge in [0.25, 0.3) is 0 Å². The number of halogens is 2. The van der Waals surface area contributed by atoms with E-state index in [1.54, 1.807) is 0 Å². The summed E-state index contributed by atoms with van der Waals surface area (Å²) in [6, 6.07) is 6.52. The van der Waals surface area contributed by atoms with Crippen LogP contribution in [0.15, 0.2) is 18.2 Å². The molecule has 0 bridgehead atoms. The Morgan fingerprint density at radius 3 is 2.75 bits per heavy atom. The summed E-state index contributed by atoms with van der Waals surface area (Å²) >= 11 is 12.1. The van der Waals surface area contributed by atoms with Gasteiger partial charge in [0.1, 0.15) is 0 Å². The highest BCUT2D eigenvalue weighted by atomic mass is 35.5. The molecule has 1 aliphatic rings. The van der Waals surface area contributed by atoms with Crippen molar-refractivity contribution in [1.29, 1.82) is 0 Å². The maximum atomic E-state index is 6.12. The molecular formula is C16H24Cl2N2. The molecule has 0 radical (unpaired) electrons. The van der Waals surface area contributed by atoms with Crippen LogP contribution in [0.25, 0.3) is 0 Å². The fourth-order valence-electron chi connectivity index (χ4n) is 2.75. The van der Waals surface area contributed by atoms with Gasteiger partial charge in [-0.3, -0.25) is 4.90 Å². The van der Waals surface area contributed by atoms with Crippen molar-refractivity contribution in [3.05, 3.63) is 33.8 Å². The van der Waals surface area contributed by atoms with Crippen molar-refractivity contribution in [2.75, 3.05) is 13.1 Å². The number of nitrogens with one attached hydrogen (secondary N) is 1. The van der Waals surface area contributed by atoms with Crippen molar-refractivity contribution in [2.45, 2.75) is 51.7 Å². The summed E-state index contributed by atoms with van der Waals surface area (Å²) in [4.78, 5) is 2.54. The maximum Gasteiger partial charge on any atom is 0.0595 e. The van der Waals surface area contributed by atoms with Gasteiger partial charge in [0.05, 0.1) is 10.0 Å². The van der Waals surface area contributed by atoms with Crippen molar-refractivity contribution in [3.63, 3.8) is 0 Å². The average Bonchev–Trinajstić information content (AvgIpc) is 2.55. The van der Waals surface area contributed by atoms with E-state index in [0.29, 0.717) is 16.1 Å². The lowest BCUT2D eigenvalue weighted by Crippen LogP contribution is -2.49. The third kappa shape index (κ3) is 3.88. The molecule has 1 saturated heterocycles. The highest BCUT2D eigenvalue weighted by molar-refractivity contribution is 6.42. The third-order valence-corrected chi connectivity index (χ3v) is 5.18. The second-order valence-corrected chi connectivity index (χ2v) is 6.95. The molecule has 20 heavy (non-hydrogen) atoms. The molecule has 2 unspecified atom stereocenters. The van der Waals surface area contributed by atoms with Gasteiger partial charge < -0.3 is 5.32 Å². The number of benzene rings is 1. The number of hydrogen-bond donors (Lipinski definition) is 1. The van der Waals surface area contributed by atoms with Crippen molar-refractivity contribution in [1.82, 2.24) is 10.2 Å². The fourth-order valence-corrected chi connectivity index (χ4v) is 3.07. The predicted molar refractivity (Wildman–Crippen MR) is 87.6 cm³/mol. The van der Waals surface area contributed by atoms with Gasteiger partial charge in [-0.15, -0.1) is 0 Å². The zero-order chi connectivity index (χ0) is 14.8. The van der Waals surface area contributed by atoms with E-state index in [1.807, 2.05) is 12.1 Å². The van der Waals surface area contributed by atoms with Crippen molar-refractivity contribution >= 4 is 23.2 Å². The second-order valence-electron chi connectivity index (χ2n) is 6.13. The quantitative estimate of drug-likeness (QED) is 0.892. The molecular weight excluding hydrogens is 291 g/mol. The van der Waals surface area contributed by atoms with Gasteiger partial charge >= 0.3 is 0 Å². The van der Waals surface area contributed by atoms with E-state index < -0.39 is 0 Å². The molecule has 0 amide bonds. The molecule has 0 aliphatic carbocycles. The first kappa shape index (κ1) is 16.1. The zero-order valence-electron chi connectivity index (χ0n) is 12.5. The van der Waals surface area contributed by atoms with Gasteiger partial charge in [0, 0.05) is 24.7 Å². The van der Waals surface area contributed by atoms with Crippen LogP contribution in [0.4, 0.5) is 0 Å². The SMILES string of the molecule is CCC1(C)CN(Cc2ccc(Cl)c(Cl)c2)C(C)CCN1. The standard InChI is InChI=1S/C16H24Cl2N2/c1-4-16(3)11-20(12(2)7-8-19-16)10-13-5-6-14(17)15(18)9-13/h5-6,9,12,19H,4,7-8,10-11H2,1-3H3. The van der Waals surface area contributed by atoms with Gasteiger partial charge in [0.2, 0.25) is 0 Å². The lowest BCUT2D eigenvalue weighted by atomic mass is 9.98. The molecule has 0 spiro atoms. The molecule has 2 nitrogen and oxygen atoms in total. The van der Waals surface area contributed by atoms with Crippen LogP contribution in [0.3, 0.4) is 0 Å². The summed E-state index contributed by atoms with van der Waals surface area (Å²) < 4.78 is 0. The lowest BCUT2D eigenvalue weighted by Gasteiger charge is -2.35. The summed E-state index contributed by atoms with van der Waals surface area (Å²) in [6.45, 7) is 9.94. The Balaban J connectivity index is 2.14. The highest BCUT2D eigenvalue weighted by Gasteiger charge is 2.30. The van der Waals surface area contributed by atoms with Crippen LogP contribution in [0.1, 0.15) is 39.2 Å². The summed E-state index contributed by atoms with van der Waals surface area (Å²) in [5.74, 6) is 0. The van der Waals surface area contributed by atoms with Gasteiger partial charge in [-0.25, -0.2) is 0 Å². The molecule has 1 fully saturated rings. The number of hydrogen-bond acceptors (Lipinski definition) is 2. The Morgan fingerprint density at radius 1 is 1.35 bits per heavy atom. The Labute approximate surface area is 132 Å². The van der Waals surface area contributed by atoms with Crippen LogP contribution in [-0.4, -0.2) is 29.6 Å². The van der Waals surface area contributed by atoms with Gasteiger partial charge in [-0.1, -0.05) is 36.2 Å². The molecule has 1 aliphatic heterocycles. The van der Waals surface area contributed by atoms with Crippen LogP contribution >= 0.6 is 23.2 Å². The van der Waals surface area contributed by atoms with Crippen molar-refractivity contribution in [3.8, 4) is 0 Å². The van der Waals surface area contributed by atoms with Gasteiger partial charge in [-0.2, -0.15) is 0 Å². The zero-order valence-corrected chi connectivity index (χ0v) is 14.1. The largest absolute Gasteiger partial charge is 0.310 e. The van der Waals surface area contributed by atoms with Crippen molar-refractivity contribution < 1.29 is 0 Å². The predicted octanol–water partition coefficient (Wildman–Crippen LogP) is 4.35. The molecule has 2 atom stereocenters. The van der Waals surface area contributed by atoms with Crippen LogP contribution in [0, 0.1) is 0 Å². The first-order valence-corrected chi connectivity index (χ1v) is 8.12. The molecule has 1 aromatic rings. The summed E-state index contributed by atoms with van der Waals surface area (Å²) in [5, 5.41) is 4.95. The Kier molecular flexibility index (Phi) is 5.36. The van der Waals surface area contributed by atoms with E-state index in [0.717, 1.165) is 26.1 Å². The Hall–Kier alpha value is -0.280. The smallest absolute Gasteiger partial charge is 0.0595 e. The third-order valence-electron chi connectivity index (χ3n) is 4.44. The minimum atomic E-state index is 0.195. The molecule has 1 heterocycles. The fraction of sp³-hybridized carbons (Fsp3) is 0.625. The minimum Gasteiger partial charge on any atom is -0.310 e. The molecule has 2 rings (SSSR count). The normalized spacial score (nSPS) is 28.4. The minimum absolute atomic E-state index is 0.195. The van der Waals surface area contributed by atoms with Crippen molar-refractivity contribution in [2.24, 2.45) is 0 Å². The monoisotopic (exact) mass is 314 g/mol. The first-order valence-electron chi connectivity index (χ1n) is 7.36. The second kappa shape index (κ2) is 6.65. The van der Waals surface area contributed by atoms with Crippen LogP contribution < -0.4 is 5.32 Å². The molecule has 0 saturated carbocycles. The molecule has 4 heteroatoms. The van der Waals surface area contributed by atoms with E-state index in [4.69, 9.17) is 23.2 Å². The molecule has 1 N–H and O–H groups in total. The molecule has 0 aromatic heterocycles. The van der Waals surface area contributed by atoms with Gasteiger partial charge in [0.15, 0.2) is 0 Å². The molecule has 1 aromatic carbocycles. The van der Waals surface area contributed by atoms with E-state index in [2.05, 4.69) is 37.1 Å². The molecule has 112 valence electrons. The Bertz CT molecular complexity index is 464. The number of rotatable bonds is 3. The summed E-state index contributed by atoms with van der Waals surface area (Å²) in [6.07, 6.45) is 2.31. The average molecular weight is 315 g/mol. The van der Waals surface area contributed by atoms with E-state index in [-0.39, 0.29) is 5.54 Å². The van der Waals surface area contributed by atoms with Crippen LogP contribution in [0.5, 0.6) is 0 Å². The Morgan fingerprint density at radius 2 is 2.10 bits per heavy atom. The van der Waals surface area contributed by atoms with E-state index in [9.17, 15) is 0 Å². The van der Waals surface area contributed by atoms with Crippen LogP contribution in [0.2, 0.25) is 10.0 Å². The van der Waals surface area contributed by atoms with E-state index >= 15 is 0 Å². The lowest BCUT2D eigenvalue weighted by molar-refractivity contribution is 0.163. The summed E-state index contributed by atoms with van der Waals surface area (Å²) in [5.41, 5.74) is 1.42. The first-order chi connectivity index (χ1) is 9.43. The van der Waals surface area contributed by atoms with E-state index in [1.165, 1.54) is 12.0 Å². The van der Waals surface area contributed by atoms with Crippen LogP contribution in [-0.2, 0) is 6.54 Å².